The van der Waals surface area contributed by atoms with Gasteiger partial charge in [-0.1, -0.05) is 13.8 Å². The molecule has 0 spiro atoms. The molecule has 0 radical (unpaired) electrons. The van der Waals surface area contributed by atoms with Crippen molar-refractivity contribution < 1.29 is 63.6 Å². The third kappa shape index (κ3) is 15.2. The van der Waals surface area contributed by atoms with Gasteiger partial charge in [-0.3, -0.25) is 43.3 Å². The van der Waals surface area contributed by atoms with Gasteiger partial charge in [0.25, 0.3) is 0 Å². The Balaban J connectivity index is 3.25. The van der Waals surface area contributed by atoms with Crippen molar-refractivity contribution in [3.63, 3.8) is 0 Å². The van der Waals surface area contributed by atoms with Crippen LogP contribution in [0.2, 0.25) is 0 Å². The fourth-order valence-corrected chi connectivity index (χ4v) is 5.20. The molecule has 1 rings (SSSR count). The Morgan fingerprint density at radius 2 is 1.33 bits per heavy atom. The Morgan fingerprint density at radius 1 is 0.759 bits per heavy atom. The van der Waals surface area contributed by atoms with Crippen LogP contribution in [0.5, 0.6) is 0 Å². The van der Waals surface area contributed by atoms with Crippen molar-refractivity contribution in [2.75, 3.05) is 26.3 Å². The number of nitrogens with two attached hydrogens (primary N) is 4. The second-order valence-electron chi connectivity index (χ2n) is 12.7. The van der Waals surface area contributed by atoms with Crippen LogP contribution < -0.4 is 49.5 Å². The van der Waals surface area contributed by atoms with Crippen LogP contribution in [0, 0.1) is 5.92 Å². The fourth-order valence-electron chi connectivity index (χ4n) is 5.20. The predicted molar refractivity (Wildman–Crippen MR) is 185 cm³/mol. The SMILES string of the molecule is CC(C)[C@H](NC(=O)[C@@H](N)CC(=O)O)C(=O)N[C@@H](CO)C(=O)N[C@@H](CC(N)=O)C(=O)N[C@@H](CCCN=C(N)N)C(=O)N1CCC[C@H]1C(=O)N[C@@H](CO)C(=O)O. The largest absolute Gasteiger partial charge is 0.481 e. The fraction of sp³-hybridized carbons (Fsp3) is 0.667. The summed E-state index contributed by atoms with van der Waals surface area (Å²) in [6.45, 7) is 1.10. The minimum Gasteiger partial charge on any atom is -0.481 e. The summed E-state index contributed by atoms with van der Waals surface area (Å²) in [6.07, 6.45) is -1.15. The highest BCUT2D eigenvalue weighted by Gasteiger charge is 2.40. The minimum atomic E-state index is -1.78. The molecule has 1 heterocycles. The van der Waals surface area contributed by atoms with Crippen molar-refractivity contribution in [1.29, 1.82) is 0 Å². The number of nitrogens with zero attached hydrogens (tertiary/aromatic N) is 2. The molecular weight excluding hydrogens is 722 g/mol. The normalized spacial score (nSPS) is 17.1. The van der Waals surface area contributed by atoms with Gasteiger partial charge in [-0.05, 0) is 31.6 Å². The van der Waals surface area contributed by atoms with Gasteiger partial charge >= 0.3 is 11.9 Å². The topological polar surface area (TPSA) is 414 Å². The molecule has 1 saturated heterocycles. The molecule has 0 aromatic carbocycles. The zero-order valence-corrected chi connectivity index (χ0v) is 29.9. The zero-order chi connectivity index (χ0) is 41.3. The molecule has 7 amide bonds. The summed E-state index contributed by atoms with van der Waals surface area (Å²) < 4.78 is 0. The lowest BCUT2D eigenvalue weighted by Gasteiger charge is -2.30. The lowest BCUT2D eigenvalue weighted by Crippen LogP contribution is -2.61. The second-order valence-corrected chi connectivity index (χ2v) is 12.7. The molecule has 0 saturated carbocycles. The number of nitrogens with one attached hydrogen (secondary N) is 5. The van der Waals surface area contributed by atoms with Crippen molar-refractivity contribution in [2.24, 2.45) is 33.8 Å². The van der Waals surface area contributed by atoms with Crippen molar-refractivity contribution in [3.05, 3.63) is 0 Å². The number of primary amides is 1. The van der Waals surface area contributed by atoms with Gasteiger partial charge in [0.15, 0.2) is 5.96 Å². The number of carbonyl (C=O) groups excluding carboxylic acids is 7. The van der Waals surface area contributed by atoms with Gasteiger partial charge in [-0.15, -0.1) is 0 Å². The zero-order valence-electron chi connectivity index (χ0n) is 29.9. The number of carboxylic acid groups (broad SMARTS) is 2. The molecule has 304 valence electrons. The molecule has 0 aromatic rings. The summed E-state index contributed by atoms with van der Waals surface area (Å²) in [5.74, 6) is -10.8. The second kappa shape index (κ2) is 22.4. The van der Waals surface area contributed by atoms with Gasteiger partial charge in [0.1, 0.15) is 36.3 Å². The molecule has 1 aliphatic rings. The Hall–Kier alpha value is -5.62. The van der Waals surface area contributed by atoms with Crippen LogP contribution >= 0.6 is 0 Å². The number of aliphatic hydroxyl groups is 2. The van der Waals surface area contributed by atoms with Gasteiger partial charge in [-0.25, -0.2) is 4.79 Å². The molecule has 17 N–H and O–H groups in total. The first-order chi connectivity index (χ1) is 25.2. The van der Waals surface area contributed by atoms with E-state index in [9.17, 15) is 58.5 Å². The van der Waals surface area contributed by atoms with E-state index in [2.05, 4.69) is 31.6 Å². The Bertz CT molecular complexity index is 1420. The van der Waals surface area contributed by atoms with E-state index in [0.717, 1.165) is 4.90 Å². The monoisotopic (exact) mass is 773 g/mol. The van der Waals surface area contributed by atoms with E-state index in [-0.39, 0.29) is 38.3 Å². The number of rotatable bonds is 23. The van der Waals surface area contributed by atoms with Crippen LogP contribution in [-0.4, -0.2) is 153 Å². The van der Waals surface area contributed by atoms with Crippen LogP contribution in [-0.2, 0) is 43.2 Å². The van der Waals surface area contributed by atoms with Gasteiger partial charge in [0.05, 0.1) is 32.1 Å². The molecule has 54 heavy (non-hydrogen) atoms. The highest BCUT2D eigenvalue weighted by molar-refractivity contribution is 5.98. The summed E-state index contributed by atoms with van der Waals surface area (Å²) >= 11 is 0. The number of aliphatic imine (C=N–C) groups is 1. The van der Waals surface area contributed by atoms with Gasteiger partial charge in [0, 0.05) is 13.1 Å². The lowest BCUT2D eigenvalue weighted by atomic mass is 10.0. The molecule has 0 unspecified atom stereocenters. The molecular formula is C30H51N11O13. The summed E-state index contributed by atoms with van der Waals surface area (Å²) in [6, 6.07) is -10.6. The standard InChI is InChI=1S/C30H51N11O13/c1-13(2)22(40-23(47)14(31)9-21(45)46)27(51)38-17(11-42)25(49)37-16(10-20(32)44)24(48)36-15(5-3-7-35-30(33)34)28(52)41-8-4-6-19(41)26(50)39-18(12-43)29(53)54/h13-19,22,42-43H,3-12,31H2,1-2H3,(H2,32,44)(H,36,48)(H,37,49)(H,38,51)(H,39,50)(H,40,47)(H,45,46)(H,53,54)(H4,33,34,35)/t14-,15-,16-,17-,18-,19-,22-/m0/s1. The third-order valence-corrected chi connectivity index (χ3v) is 8.03. The number of amides is 7. The van der Waals surface area contributed by atoms with Crippen molar-refractivity contribution in [2.45, 2.75) is 94.7 Å². The highest BCUT2D eigenvalue weighted by atomic mass is 16.4. The quantitative estimate of drug-likeness (QED) is 0.0261. The van der Waals surface area contributed by atoms with E-state index in [0.29, 0.717) is 6.42 Å². The Labute approximate surface area is 309 Å². The van der Waals surface area contributed by atoms with Crippen LogP contribution in [0.1, 0.15) is 52.4 Å². The van der Waals surface area contributed by atoms with E-state index >= 15 is 0 Å². The van der Waals surface area contributed by atoms with Gasteiger partial charge in [0.2, 0.25) is 41.4 Å². The maximum absolute atomic E-state index is 13.8. The van der Waals surface area contributed by atoms with Gasteiger partial charge in [-0.2, -0.15) is 0 Å². The third-order valence-electron chi connectivity index (χ3n) is 8.03. The van der Waals surface area contributed by atoms with Crippen LogP contribution in [0.25, 0.3) is 0 Å². The average Bonchev–Trinajstić information content (AvgIpc) is 3.58. The number of carbonyl (C=O) groups is 9. The number of hydrogen-bond acceptors (Lipinski definition) is 13. The molecule has 7 atom stereocenters. The molecule has 24 heteroatoms. The van der Waals surface area contributed by atoms with Gasteiger partial charge < -0.3 is 74.8 Å². The van der Waals surface area contributed by atoms with E-state index in [1.807, 2.05) is 0 Å². The maximum atomic E-state index is 13.8. The lowest BCUT2D eigenvalue weighted by molar-refractivity contribution is -0.145. The first-order valence-corrected chi connectivity index (χ1v) is 16.8. The first kappa shape index (κ1) is 46.4. The van der Waals surface area contributed by atoms with E-state index in [1.165, 1.54) is 13.8 Å². The minimum absolute atomic E-state index is 0.00530. The highest BCUT2D eigenvalue weighted by Crippen LogP contribution is 2.20. The van der Waals surface area contributed by atoms with Crippen LogP contribution in [0.3, 0.4) is 0 Å². The number of likely N-dealkylation sites (tertiary alicyclic amines) is 1. The smallest absolute Gasteiger partial charge is 0.328 e. The van der Waals surface area contributed by atoms with Crippen molar-refractivity contribution in [1.82, 2.24) is 31.5 Å². The molecule has 1 aliphatic heterocycles. The summed E-state index contributed by atoms with van der Waals surface area (Å²) in [5, 5.41) is 48.6. The first-order valence-electron chi connectivity index (χ1n) is 16.8. The number of guanidine groups is 1. The van der Waals surface area contributed by atoms with Crippen molar-refractivity contribution in [3.8, 4) is 0 Å². The number of aliphatic carboxylic acids is 2. The summed E-state index contributed by atoms with van der Waals surface area (Å²) in [7, 11) is 0. The Morgan fingerprint density at radius 3 is 1.85 bits per heavy atom. The molecule has 1 fully saturated rings. The number of carboxylic acids is 2. The molecule has 0 bridgehead atoms. The van der Waals surface area contributed by atoms with E-state index in [4.69, 9.17) is 28.0 Å². The van der Waals surface area contributed by atoms with Crippen LogP contribution in [0.15, 0.2) is 4.99 Å². The Kier molecular flexibility index (Phi) is 19.3. The summed E-state index contributed by atoms with van der Waals surface area (Å²) in [5.41, 5.74) is 21.6. The number of aliphatic hydroxyl groups excluding tert-OH is 2. The molecule has 0 aromatic heterocycles. The van der Waals surface area contributed by atoms with Crippen molar-refractivity contribution >= 4 is 59.2 Å². The predicted octanol–water partition coefficient (Wildman–Crippen LogP) is -7.14. The number of hydrogen-bond donors (Lipinski definition) is 13. The molecule has 0 aliphatic carbocycles. The van der Waals surface area contributed by atoms with E-state index in [1.54, 1.807) is 0 Å². The summed E-state index contributed by atoms with van der Waals surface area (Å²) in [4.78, 5) is 118. The van der Waals surface area contributed by atoms with E-state index < -0.39 is 128 Å². The average molecular weight is 774 g/mol. The van der Waals surface area contributed by atoms with Crippen LogP contribution in [0.4, 0.5) is 0 Å². The molecule has 24 nitrogen and oxygen atoms in total. The maximum Gasteiger partial charge on any atom is 0.328 e.